The van der Waals surface area contributed by atoms with Crippen LogP contribution in [0.5, 0.6) is 11.5 Å². The first-order valence-electron chi connectivity index (χ1n) is 17.7. The Hall–Kier alpha value is -2.57. The highest BCUT2D eigenvalue weighted by Gasteiger charge is 2.82. The largest absolute Gasteiger partial charge is 0.493 e. The quantitative estimate of drug-likeness (QED) is 0.232. The van der Waals surface area contributed by atoms with Gasteiger partial charge in [-0.25, -0.2) is 0 Å². The second-order valence-electron chi connectivity index (χ2n) is 15.0. The van der Waals surface area contributed by atoms with E-state index in [9.17, 15) is 4.79 Å². The Morgan fingerprint density at radius 1 is 1.00 bits per heavy atom. The molecule has 6 aliphatic carbocycles. The number of hydrogen-bond acceptors (Lipinski definition) is 6. The van der Waals surface area contributed by atoms with E-state index >= 15 is 0 Å². The molecule has 9 rings (SSSR count). The Morgan fingerprint density at radius 2 is 1.84 bits per heavy atom. The van der Waals surface area contributed by atoms with Gasteiger partial charge in [-0.3, -0.25) is 4.79 Å². The summed E-state index contributed by atoms with van der Waals surface area (Å²) < 4.78 is 32.5. The van der Waals surface area contributed by atoms with Crippen LogP contribution in [0.15, 0.2) is 42.5 Å². The minimum absolute atomic E-state index is 0.00857. The molecule has 8 atom stereocenters. The molecule has 0 aromatic heterocycles. The molecule has 2 aromatic carbocycles. The predicted molar refractivity (Wildman–Crippen MR) is 171 cm³/mol. The molecule has 242 valence electrons. The van der Waals surface area contributed by atoms with E-state index in [0.717, 1.165) is 49.5 Å². The SMILES string of the molecule is CCOC(=O)CCC1C(COCc2ccccc2)C23CCC1(OC)C1Oc4c(OC)ccc5c4C12CCCC(CC1CC1)C3C5. The molecule has 0 N–H and O–H groups in total. The summed E-state index contributed by atoms with van der Waals surface area (Å²) in [6.07, 6.45) is 12.0. The molecule has 0 saturated heterocycles. The zero-order valence-electron chi connectivity index (χ0n) is 27.4. The molecule has 45 heavy (non-hydrogen) atoms. The van der Waals surface area contributed by atoms with Crippen molar-refractivity contribution < 1.29 is 28.5 Å². The number of carbonyl (C=O) groups excluding carboxylic acids is 1. The minimum atomic E-state index is -0.519. The number of fused-ring (bicyclic) bond motifs is 2. The first-order chi connectivity index (χ1) is 22.0. The zero-order valence-corrected chi connectivity index (χ0v) is 27.4. The van der Waals surface area contributed by atoms with Gasteiger partial charge in [0.25, 0.3) is 0 Å². The lowest BCUT2D eigenvalue weighted by atomic mass is 9.31. The fraction of sp³-hybridized carbons (Fsp3) is 0.667. The molecular weight excluding hydrogens is 564 g/mol. The normalized spacial score (nSPS) is 37.0. The van der Waals surface area contributed by atoms with Crippen LogP contribution in [0.25, 0.3) is 0 Å². The molecule has 8 unspecified atom stereocenters. The average molecular weight is 615 g/mol. The van der Waals surface area contributed by atoms with Gasteiger partial charge in [0.2, 0.25) is 0 Å². The summed E-state index contributed by atoms with van der Waals surface area (Å²) in [5.41, 5.74) is 3.43. The van der Waals surface area contributed by atoms with Gasteiger partial charge in [-0.05, 0) is 97.6 Å². The van der Waals surface area contributed by atoms with Gasteiger partial charge in [0.05, 0.1) is 26.9 Å². The van der Waals surface area contributed by atoms with Gasteiger partial charge < -0.3 is 23.7 Å². The summed E-state index contributed by atoms with van der Waals surface area (Å²) in [7, 11) is 3.66. The molecule has 2 aromatic rings. The van der Waals surface area contributed by atoms with Crippen molar-refractivity contribution in [3.63, 3.8) is 0 Å². The molecule has 0 radical (unpaired) electrons. The minimum Gasteiger partial charge on any atom is -0.493 e. The lowest BCUT2D eigenvalue weighted by Crippen LogP contribution is -2.80. The van der Waals surface area contributed by atoms with Crippen molar-refractivity contribution in [3.05, 3.63) is 59.2 Å². The Bertz CT molecular complexity index is 1420. The van der Waals surface area contributed by atoms with Gasteiger partial charge in [-0.1, -0.05) is 62.1 Å². The van der Waals surface area contributed by atoms with Gasteiger partial charge in [0.15, 0.2) is 11.5 Å². The van der Waals surface area contributed by atoms with E-state index in [-0.39, 0.29) is 34.7 Å². The van der Waals surface area contributed by atoms with E-state index < -0.39 is 5.60 Å². The molecule has 2 spiro atoms. The maximum absolute atomic E-state index is 12.9. The topological polar surface area (TPSA) is 63.2 Å². The van der Waals surface area contributed by atoms with Crippen LogP contribution < -0.4 is 9.47 Å². The average Bonchev–Trinajstić information content (AvgIpc) is 3.82. The molecule has 5 fully saturated rings. The molecule has 0 amide bonds. The number of ether oxygens (including phenoxy) is 5. The molecular formula is C39H50O6. The molecule has 1 heterocycles. The van der Waals surface area contributed by atoms with Crippen LogP contribution in [0.4, 0.5) is 0 Å². The lowest BCUT2D eigenvalue weighted by molar-refractivity contribution is -0.301. The smallest absolute Gasteiger partial charge is 0.305 e. The van der Waals surface area contributed by atoms with E-state index in [4.69, 9.17) is 23.7 Å². The molecule has 5 saturated carbocycles. The molecule has 4 bridgehead atoms. The number of hydrogen-bond donors (Lipinski definition) is 0. The van der Waals surface area contributed by atoms with Crippen molar-refractivity contribution in [2.75, 3.05) is 27.4 Å². The highest BCUT2D eigenvalue weighted by atomic mass is 16.6. The summed E-state index contributed by atoms with van der Waals surface area (Å²) in [4.78, 5) is 12.9. The standard InChI is InChI=1S/C39H50O6/c1-4-44-33(40)17-15-29-31(24-43-23-26-9-6-5-7-10-26)37-19-20-39(29,42-3)36-38(37)18-8-11-27(21-25-12-13-25)30(37)22-28-14-16-32(41-2)35(45-36)34(28)38/h5-7,9-10,14,16,25,27,29-31,36H,4,8,11-13,15,17-24H2,1-3H3. The van der Waals surface area contributed by atoms with E-state index in [2.05, 4.69) is 42.5 Å². The number of benzene rings is 2. The van der Waals surface area contributed by atoms with Crippen molar-refractivity contribution in [2.24, 2.45) is 35.0 Å². The van der Waals surface area contributed by atoms with E-state index in [1.54, 1.807) is 7.11 Å². The van der Waals surface area contributed by atoms with Crippen molar-refractivity contribution in [1.82, 2.24) is 0 Å². The Balaban J connectivity index is 1.30. The summed E-state index contributed by atoms with van der Waals surface area (Å²) >= 11 is 0. The highest BCUT2D eigenvalue weighted by Crippen LogP contribution is 2.80. The van der Waals surface area contributed by atoms with Crippen LogP contribution in [0.1, 0.15) is 87.8 Å². The van der Waals surface area contributed by atoms with Crippen LogP contribution >= 0.6 is 0 Å². The molecule has 1 aliphatic heterocycles. The third kappa shape index (κ3) is 4.23. The summed E-state index contributed by atoms with van der Waals surface area (Å²) in [5, 5.41) is 0. The van der Waals surface area contributed by atoms with E-state index in [1.807, 2.05) is 14.0 Å². The van der Waals surface area contributed by atoms with Crippen molar-refractivity contribution in [1.29, 1.82) is 0 Å². The van der Waals surface area contributed by atoms with Crippen LogP contribution in [0.3, 0.4) is 0 Å². The van der Waals surface area contributed by atoms with Crippen molar-refractivity contribution in [3.8, 4) is 11.5 Å². The Kier molecular flexibility index (Phi) is 7.48. The van der Waals surface area contributed by atoms with Gasteiger partial charge in [0.1, 0.15) is 11.7 Å². The molecule has 6 heteroatoms. The van der Waals surface area contributed by atoms with Gasteiger partial charge in [-0.2, -0.15) is 0 Å². The number of carbonyl (C=O) groups is 1. The van der Waals surface area contributed by atoms with Gasteiger partial charge >= 0.3 is 5.97 Å². The third-order valence-corrected chi connectivity index (χ3v) is 13.4. The molecule has 6 nitrogen and oxygen atoms in total. The highest BCUT2D eigenvalue weighted by molar-refractivity contribution is 5.69. The van der Waals surface area contributed by atoms with Gasteiger partial charge in [-0.15, -0.1) is 0 Å². The maximum Gasteiger partial charge on any atom is 0.305 e. The fourth-order valence-corrected chi connectivity index (χ4v) is 11.9. The Labute approximate surface area is 268 Å². The first kappa shape index (κ1) is 29.8. The van der Waals surface area contributed by atoms with Crippen LogP contribution in [-0.4, -0.2) is 45.1 Å². The Morgan fingerprint density at radius 3 is 2.60 bits per heavy atom. The van der Waals surface area contributed by atoms with Crippen molar-refractivity contribution in [2.45, 2.75) is 101 Å². The number of esters is 1. The van der Waals surface area contributed by atoms with Crippen LogP contribution in [0.2, 0.25) is 0 Å². The second kappa shape index (κ2) is 11.3. The summed E-state index contributed by atoms with van der Waals surface area (Å²) in [6, 6.07) is 15.0. The zero-order chi connectivity index (χ0) is 30.8. The third-order valence-electron chi connectivity index (χ3n) is 13.4. The summed E-state index contributed by atoms with van der Waals surface area (Å²) in [5.74, 6) is 4.21. The predicted octanol–water partition coefficient (Wildman–Crippen LogP) is 7.44. The van der Waals surface area contributed by atoms with E-state index in [1.165, 1.54) is 48.8 Å². The monoisotopic (exact) mass is 614 g/mol. The lowest BCUT2D eigenvalue weighted by Gasteiger charge is -2.74. The fourth-order valence-electron chi connectivity index (χ4n) is 11.9. The van der Waals surface area contributed by atoms with Crippen LogP contribution in [0, 0.1) is 35.0 Å². The van der Waals surface area contributed by atoms with E-state index in [0.29, 0.717) is 38.1 Å². The maximum atomic E-state index is 12.9. The number of methoxy groups -OCH3 is 2. The second-order valence-corrected chi connectivity index (χ2v) is 15.0. The summed E-state index contributed by atoms with van der Waals surface area (Å²) in [6.45, 7) is 3.56. The molecule has 7 aliphatic rings. The van der Waals surface area contributed by atoms with Gasteiger partial charge in [0, 0.05) is 24.5 Å². The van der Waals surface area contributed by atoms with Crippen molar-refractivity contribution >= 4 is 5.97 Å². The number of rotatable bonds is 12. The first-order valence-corrected chi connectivity index (χ1v) is 17.7. The van der Waals surface area contributed by atoms with Crippen LogP contribution in [-0.2, 0) is 37.4 Å².